The Morgan fingerprint density at radius 1 is 1.16 bits per heavy atom. The second kappa shape index (κ2) is 9.53. The average molecular weight is 458 g/mol. The van der Waals surface area contributed by atoms with Crippen LogP contribution in [0.25, 0.3) is 0 Å². The lowest BCUT2D eigenvalue weighted by Gasteiger charge is -2.09. The second-order valence-electron chi connectivity index (χ2n) is 6.44. The molecule has 0 aliphatic heterocycles. The normalized spacial score (nSPS) is 10.7. The van der Waals surface area contributed by atoms with Crippen LogP contribution in [0.15, 0.2) is 55.2 Å². The predicted octanol–water partition coefficient (Wildman–Crippen LogP) is 5.05. The highest BCUT2D eigenvalue weighted by Crippen LogP contribution is 2.30. The molecule has 0 saturated carbocycles. The molecule has 0 spiro atoms. The van der Waals surface area contributed by atoms with Gasteiger partial charge in [-0.2, -0.15) is 13.2 Å². The van der Waals surface area contributed by atoms with Gasteiger partial charge in [-0.1, -0.05) is 23.3 Å². The van der Waals surface area contributed by atoms with Gasteiger partial charge in [-0.25, -0.2) is 9.97 Å². The average Bonchev–Trinajstić information content (AvgIpc) is 3.19. The number of aryl methyl sites for hydroxylation is 1. The number of anilines is 2. The monoisotopic (exact) mass is 458 g/mol. The summed E-state index contributed by atoms with van der Waals surface area (Å²) >= 11 is 1.30. The van der Waals surface area contributed by atoms with E-state index in [1.807, 2.05) is 6.92 Å². The third-order valence-corrected chi connectivity index (χ3v) is 4.98. The number of aromatic nitrogens is 2. The first-order valence-corrected chi connectivity index (χ1v) is 9.90. The van der Waals surface area contributed by atoms with Crippen molar-refractivity contribution in [3.05, 3.63) is 82.3 Å². The van der Waals surface area contributed by atoms with Gasteiger partial charge >= 0.3 is 6.18 Å². The van der Waals surface area contributed by atoms with E-state index in [2.05, 4.69) is 39.0 Å². The summed E-state index contributed by atoms with van der Waals surface area (Å²) in [5.74, 6) is 5.53. The number of pyridine rings is 1. The highest BCUT2D eigenvalue weighted by Gasteiger charge is 2.30. The fourth-order valence-electron chi connectivity index (χ4n) is 2.45. The molecule has 0 aliphatic carbocycles. The summed E-state index contributed by atoms with van der Waals surface area (Å²) in [6.07, 6.45) is -1.95. The minimum absolute atomic E-state index is 0.194. The molecule has 164 valence electrons. The molecule has 2 N–H and O–H groups in total. The van der Waals surface area contributed by atoms with Crippen molar-refractivity contribution in [2.24, 2.45) is 0 Å². The van der Waals surface area contributed by atoms with Crippen LogP contribution in [0.2, 0.25) is 0 Å². The van der Waals surface area contributed by atoms with Gasteiger partial charge < -0.3 is 15.4 Å². The molecule has 6 nitrogen and oxygen atoms in total. The Hall–Kier alpha value is -3.84. The van der Waals surface area contributed by atoms with E-state index < -0.39 is 17.6 Å². The number of thiazole rings is 1. The van der Waals surface area contributed by atoms with Gasteiger partial charge in [0.25, 0.3) is 5.91 Å². The van der Waals surface area contributed by atoms with Crippen molar-refractivity contribution < 1.29 is 22.7 Å². The Labute approximate surface area is 186 Å². The summed E-state index contributed by atoms with van der Waals surface area (Å²) in [6.45, 7) is 5.49. The number of methoxy groups -OCH3 is 1. The van der Waals surface area contributed by atoms with Crippen LogP contribution in [-0.2, 0) is 10.9 Å². The molecule has 1 aromatic carbocycles. The first-order valence-electron chi connectivity index (χ1n) is 9.08. The van der Waals surface area contributed by atoms with E-state index >= 15 is 0 Å². The number of benzene rings is 1. The maximum atomic E-state index is 12.9. The summed E-state index contributed by atoms with van der Waals surface area (Å²) in [7, 11) is 1.48. The molecule has 0 bridgehead atoms. The molecular weight excluding hydrogens is 441 g/mol. The largest absolute Gasteiger partial charge is 0.483 e. The van der Waals surface area contributed by atoms with E-state index in [9.17, 15) is 18.0 Å². The van der Waals surface area contributed by atoms with Crippen molar-refractivity contribution in [1.29, 1.82) is 0 Å². The molecule has 0 radical (unpaired) electrons. The van der Waals surface area contributed by atoms with Gasteiger partial charge in [-0.05, 0) is 49.3 Å². The van der Waals surface area contributed by atoms with Crippen molar-refractivity contribution in [3.63, 3.8) is 0 Å². The van der Waals surface area contributed by atoms with E-state index in [0.29, 0.717) is 21.5 Å². The Bertz CT molecular complexity index is 1230. The minimum atomic E-state index is -4.53. The molecule has 10 heteroatoms. The van der Waals surface area contributed by atoms with Crippen LogP contribution in [-0.4, -0.2) is 23.0 Å². The lowest BCUT2D eigenvalue weighted by atomic mass is 10.0. The number of amides is 1. The van der Waals surface area contributed by atoms with E-state index in [1.165, 1.54) is 18.4 Å². The first-order chi connectivity index (χ1) is 15.2. The van der Waals surface area contributed by atoms with E-state index in [4.69, 9.17) is 4.74 Å². The highest BCUT2D eigenvalue weighted by atomic mass is 32.1. The van der Waals surface area contributed by atoms with E-state index in [0.717, 1.165) is 23.9 Å². The van der Waals surface area contributed by atoms with Gasteiger partial charge in [0, 0.05) is 17.3 Å². The Kier molecular flexibility index (Phi) is 6.80. The van der Waals surface area contributed by atoms with Gasteiger partial charge in [-0.3, -0.25) is 4.79 Å². The summed E-state index contributed by atoms with van der Waals surface area (Å²) < 4.78 is 43.5. The molecule has 3 rings (SSSR count). The number of rotatable bonds is 5. The fraction of sp³-hybridized carbons (Fsp3) is 0.136. The Morgan fingerprint density at radius 3 is 2.66 bits per heavy atom. The SMILES string of the molecule is C=C(Nc1ncc(C#Cc2cc(C(=O)Nc3cc(C(F)(F)F)ccn3)ccc2C)s1)OC. The summed E-state index contributed by atoms with van der Waals surface area (Å²) in [5.41, 5.74) is 0.772. The molecule has 0 atom stereocenters. The molecule has 2 heterocycles. The maximum Gasteiger partial charge on any atom is 0.416 e. The summed E-state index contributed by atoms with van der Waals surface area (Å²) in [6, 6.07) is 6.45. The fourth-order valence-corrected chi connectivity index (χ4v) is 3.14. The van der Waals surface area contributed by atoms with Crippen molar-refractivity contribution >= 4 is 28.2 Å². The molecule has 32 heavy (non-hydrogen) atoms. The molecule has 0 unspecified atom stereocenters. The smallest absolute Gasteiger partial charge is 0.416 e. The first kappa shape index (κ1) is 22.8. The van der Waals surface area contributed by atoms with Gasteiger partial charge in [0.1, 0.15) is 5.82 Å². The van der Waals surface area contributed by atoms with Crippen LogP contribution in [0, 0.1) is 18.8 Å². The third-order valence-electron chi connectivity index (χ3n) is 4.15. The lowest BCUT2D eigenvalue weighted by Crippen LogP contribution is -2.14. The minimum Gasteiger partial charge on any atom is -0.483 e. The van der Waals surface area contributed by atoms with Gasteiger partial charge in [0.15, 0.2) is 11.0 Å². The number of hydrogen-bond donors (Lipinski definition) is 2. The predicted molar refractivity (Wildman–Crippen MR) is 116 cm³/mol. The zero-order valence-electron chi connectivity index (χ0n) is 17.0. The number of hydrogen-bond acceptors (Lipinski definition) is 6. The highest BCUT2D eigenvalue weighted by molar-refractivity contribution is 7.16. The Balaban J connectivity index is 1.77. The molecule has 0 aliphatic rings. The molecule has 0 fully saturated rings. The zero-order chi connectivity index (χ0) is 23.3. The van der Waals surface area contributed by atoms with Crippen LogP contribution < -0.4 is 10.6 Å². The van der Waals surface area contributed by atoms with Crippen molar-refractivity contribution in [3.8, 4) is 11.8 Å². The van der Waals surface area contributed by atoms with Crippen LogP contribution in [0.1, 0.15) is 31.9 Å². The Morgan fingerprint density at radius 2 is 1.94 bits per heavy atom. The van der Waals surface area contributed by atoms with Crippen molar-refractivity contribution in [1.82, 2.24) is 9.97 Å². The summed E-state index contributed by atoms with van der Waals surface area (Å²) in [4.78, 5) is 21.2. The number of ether oxygens (including phenoxy) is 1. The lowest BCUT2D eigenvalue weighted by molar-refractivity contribution is -0.137. The number of carbonyl (C=O) groups is 1. The number of halogens is 3. The molecule has 2 aromatic heterocycles. The second-order valence-corrected chi connectivity index (χ2v) is 7.47. The van der Waals surface area contributed by atoms with Gasteiger partial charge in [0.2, 0.25) is 0 Å². The number of alkyl halides is 3. The van der Waals surface area contributed by atoms with Gasteiger partial charge in [0.05, 0.1) is 23.7 Å². The van der Waals surface area contributed by atoms with Crippen molar-refractivity contribution in [2.75, 3.05) is 17.7 Å². The number of carbonyl (C=O) groups excluding carboxylic acids is 1. The van der Waals surface area contributed by atoms with E-state index in [1.54, 1.807) is 24.4 Å². The molecule has 0 saturated heterocycles. The maximum absolute atomic E-state index is 12.9. The standard InChI is InChI=1S/C22H17F3N4O2S/c1-13-4-5-16(20(30)29-19-11-17(8-9-26-19)22(23,24)25)10-15(13)6-7-18-12-27-21(32-18)28-14(2)31-3/h4-5,8-12H,2H2,1,3H3,(H,27,28)(H,26,29,30). The van der Waals surface area contributed by atoms with Crippen molar-refractivity contribution in [2.45, 2.75) is 13.1 Å². The van der Waals surface area contributed by atoms with Crippen LogP contribution in [0.4, 0.5) is 24.1 Å². The number of nitrogens with zero attached hydrogens (tertiary/aromatic N) is 2. The molecule has 1 amide bonds. The summed E-state index contributed by atoms with van der Waals surface area (Å²) in [5, 5.41) is 5.83. The van der Waals surface area contributed by atoms with Crippen LogP contribution in [0.3, 0.4) is 0 Å². The molecular formula is C22H17F3N4O2S. The zero-order valence-corrected chi connectivity index (χ0v) is 17.8. The van der Waals surface area contributed by atoms with Gasteiger partial charge in [-0.15, -0.1) is 0 Å². The quantitative estimate of drug-likeness (QED) is 0.414. The van der Waals surface area contributed by atoms with Crippen LogP contribution in [0.5, 0.6) is 0 Å². The molecule has 3 aromatic rings. The topological polar surface area (TPSA) is 76.1 Å². The third kappa shape index (κ3) is 5.86. The number of nitrogens with one attached hydrogen (secondary N) is 2. The van der Waals surface area contributed by atoms with Crippen LogP contribution >= 0.6 is 11.3 Å². The van der Waals surface area contributed by atoms with E-state index in [-0.39, 0.29) is 11.4 Å².